The average molecular weight is 165 g/mol. The molecule has 12 heavy (non-hydrogen) atoms. The quantitative estimate of drug-likeness (QED) is 0.456. The molecule has 1 aliphatic rings. The van der Waals surface area contributed by atoms with E-state index in [0.29, 0.717) is 11.4 Å². The predicted octanol–water partition coefficient (Wildman–Crippen LogP) is 0.801. The van der Waals surface area contributed by atoms with Crippen molar-refractivity contribution in [2.24, 2.45) is 0 Å². The van der Waals surface area contributed by atoms with Gasteiger partial charge in [-0.25, -0.2) is 9.86 Å². The van der Waals surface area contributed by atoms with Crippen LogP contribution < -0.4 is 9.80 Å². The van der Waals surface area contributed by atoms with Crippen LogP contribution in [0.25, 0.3) is 0 Å². The van der Waals surface area contributed by atoms with Crippen LogP contribution in [0.5, 0.6) is 5.75 Å². The highest BCUT2D eigenvalue weighted by Crippen LogP contribution is 2.29. The summed E-state index contributed by atoms with van der Waals surface area (Å²) >= 11 is 0. The lowest BCUT2D eigenvalue weighted by Crippen LogP contribution is -2.33. The summed E-state index contributed by atoms with van der Waals surface area (Å²) in [6, 6.07) is 6.82. The minimum absolute atomic E-state index is 0.114. The first-order valence-electron chi connectivity index (χ1n) is 3.53. The fourth-order valence-electron chi connectivity index (χ4n) is 1.12. The van der Waals surface area contributed by atoms with Crippen LogP contribution in [0.1, 0.15) is 0 Å². The molecular weight excluding hydrogens is 158 g/mol. The fraction of sp³-hybridized carbons (Fsp3) is 0.125. The predicted molar refractivity (Wildman–Crippen MR) is 41.2 cm³/mol. The molecule has 0 fully saturated rings. The number of para-hydroxylation sites is 2. The summed E-state index contributed by atoms with van der Waals surface area (Å²) in [5, 5.41) is 10.1. The number of nitrogens with zero attached hydrogens (tertiary/aromatic N) is 1. The van der Waals surface area contributed by atoms with Crippen LogP contribution in [-0.2, 0) is 4.79 Å². The van der Waals surface area contributed by atoms with Crippen LogP contribution in [0.3, 0.4) is 0 Å². The first-order chi connectivity index (χ1) is 5.77. The first-order valence-corrected chi connectivity index (χ1v) is 3.53. The molecule has 4 nitrogen and oxygen atoms in total. The van der Waals surface area contributed by atoms with E-state index in [9.17, 15) is 10.0 Å². The summed E-state index contributed by atoms with van der Waals surface area (Å²) in [7, 11) is 0. The van der Waals surface area contributed by atoms with E-state index in [1.807, 2.05) is 0 Å². The number of benzene rings is 1. The van der Waals surface area contributed by atoms with E-state index >= 15 is 0 Å². The van der Waals surface area contributed by atoms with Crippen LogP contribution >= 0.6 is 0 Å². The Bertz CT molecular complexity index is 324. The third-order valence-corrected chi connectivity index (χ3v) is 1.65. The van der Waals surface area contributed by atoms with Crippen molar-refractivity contribution in [3.63, 3.8) is 0 Å². The summed E-state index contributed by atoms with van der Waals surface area (Å²) in [6.07, 6.45) is 0. The van der Waals surface area contributed by atoms with Gasteiger partial charge in [-0.05, 0) is 12.1 Å². The Balaban J connectivity index is 2.47. The van der Waals surface area contributed by atoms with E-state index in [1.165, 1.54) is 0 Å². The number of ether oxygens (including phenoxy) is 1. The minimum atomic E-state index is -0.448. The summed E-state index contributed by atoms with van der Waals surface area (Å²) in [5.41, 5.74) is 0.525. The highest BCUT2D eigenvalue weighted by Gasteiger charge is 2.21. The molecule has 2 rings (SSSR count). The molecule has 4 heteroatoms. The van der Waals surface area contributed by atoms with Gasteiger partial charge in [-0.3, -0.25) is 5.21 Å². The average Bonchev–Trinajstić information content (AvgIpc) is 2.04. The van der Waals surface area contributed by atoms with Gasteiger partial charge in [-0.1, -0.05) is 12.1 Å². The van der Waals surface area contributed by atoms with Gasteiger partial charge in [-0.15, -0.1) is 0 Å². The van der Waals surface area contributed by atoms with Crippen molar-refractivity contribution < 1.29 is 14.7 Å². The highest BCUT2D eigenvalue weighted by atomic mass is 16.6. The van der Waals surface area contributed by atoms with Gasteiger partial charge < -0.3 is 4.74 Å². The Labute approximate surface area is 68.9 Å². The second-order valence-electron chi connectivity index (χ2n) is 2.50. The number of hydrogen-bond acceptors (Lipinski definition) is 4. The molecule has 1 aliphatic heterocycles. The summed E-state index contributed by atoms with van der Waals surface area (Å²) in [6.45, 7) is -0.114. The maximum atomic E-state index is 10.8. The van der Waals surface area contributed by atoms with E-state index in [1.54, 1.807) is 24.3 Å². The van der Waals surface area contributed by atoms with Crippen LogP contribution in [0, 0.1) is 0 Å². The fourth-order valence-corrected chi connectivity index (χ4v) is 1.12. The molecule has 0 amide bonds. The molecule has 0 saturated carbocycles. The molecule has 0 spiro atoms. The molecule has 1 aromatic rings. The molecule has 0 atom stereocenters. The van der Waals surface area contributed by atoms with Crippen molar-refractivity contribution in [3.05, 3.63) is 24.3 Å². The van der Waals surface area contributed by atoms with Crippen molar-refractivity contribution in [1.82, 2.24) is 0 Å². The van der Waals surface area contributed by atoms with Crippen LogP contribution in [0.15, 0.2) is 24.3 Å². The molecule has 0 unspecified atom stereocenters. The van der Waals surface area contributed by atoms with Crippen LogP contribution in [0.2, 0.25) is 0 Å². The van der Waals surface area contributed by atoms with Gasteiger partial charge in [0.1, 0.15) is 12.2 Å². The zero-order chi connectivity index (χ0) is 8.55. The van der Waals surface area contributed by atoms with E-state index in [4.69, 9.17) is 4.74 Å². The standard InChI is InChI=1S/C8H7NO3/c10-8-5-9(11)6-3-1-2-4-7(6)12-8/h1-4,11H,5H2. The second-order valence-corrected chi connectivity index (χ2v) is 2.50. The first kappa shape index (κ1) is 7.12. The maximum Gasteiger partial charge on any atom is 0.333 e. The zero-order valence-electron chi connectivity index (χ0n) is 6.23. The number of carbonyl (C=O) groups is 1. The second kappa shape index (κ2) is 2.49. The Morgan fingerprint density at radius 2 is 2.17 bits per heavy atom. The molecule has 0 bridgehead atoms. The number of hydrogen-bond donors (Lipinski definition) is 1. The summed E-state index contributed by atoms with van der Waals surface area (Å²) in [4.78, 5) is 10.8. The third-order valence-electron chi connectivity index (χ3n) is 1.65. The lowest BCUT2D eigenvalue weighted by molar-refractivity contribution is -0.134. The van der Waals surface area contributed by atoms with Crippen LogP contribution in [-0.4, -0.2) is 17.7 Å². The molecule has 0 saturated heterocycles. The van der Waals surface area contributed by atoms with Gasteiger partial charge in [0.15, 0.2) is 5.75 Å². The topological polar surface area (TPSA) is 49.8 Å². The summed E-state index contributed by atoms with van der Waals surface area (Å²) in [5.74, 6) is -0.0487. The van der Waals surface area contributed by atoms with E-state index < -0.39 is 5.97 Å². The number of rotatable bonds is 0. The molecule has 0 radical (unpaired) electrons. The van der Waals surface area contributed by atoms with Gasteiger partial charge in [0.05, 0.1) is 0 Å². The van der Waals surface area contributed by atoms with Crippen molar-refractivity contribution in [2.45, 2.75) is 0 Å². The summed E-state index contributed by atoms with van der Waals surface area (Å²) < 4.78 is 4.86. The van der Waals surface area contributed by atoms with Gasteiger partial charge >= 0.3 is 5.97 Å². The molecule has 1 aromatic carbocycles. The molecular formula is C8H7NO3. The largest absolute Gasteiger partial charge is 0.423 e. The molecule has 0 aromatic heterocycles. The number of hydroxylamine groups is 1. The minimum Gasteiger partial charge on any atom is -0.423 e. The van der Waals surface area contributed by atoms with Gasteiger partial charge in [0.25, 0.3) is 0 Å². The molecule has 1 N–H and O–H groups in total. The van der Waals surface area contributed by atoms with Gasteiger partial charge in [-0.2, -0.15) is 0 Å². The molecule has 62 valence electrons. The molecule has 0 aliphatic carbocycles. The van der Waals surface area contributed by atoms with Crippen LogP contribution in [0.4, 0.5) is 5.69 Å². The van der Waals surface area contributed by atoms with Gasteiger partial charge in [0.2, 0.25) is 0 Å². The maximum absolute atomic E-state index is 10.8. The lowest BCUT2D eigenvalue weighted by Gasteiger charge is -2.23. The van der Waals surface area contributed by atoms with E-state index in [2.05, 4.69) is 0 Å². The Morgan fingerprint density at radius 1 is 1.42 bits per heavy atom. The normalized spacial score (nSPS) is 15.4. The lowest BCUT2D eigenvalue weighted by atomic mass is 10.2. The Hall–Kier alpha value is -1.55. The van der Waals surface area contributed by atoms with E-state index in [-0.39, 0.29) is 6.54 Å². The Morgan fingerprint density at radius 3 is 3.00 bits per heavy atom. The van der Waals surface area contributed by atoms with Crippen molar-refractivity contribution in [1.29, 1.82) is 0 Å². The van der Waals surface area contributed by atoms with Gasteiger partial charge in [0, 0.05) is 0 Å². The van der Waals surface area contributed by atoms with Crippen molar-refractivity contribution in [2.75, 3.05) is 11.6 Å². The molecule has 1 heterocycles. The van der Waals surface area contributed by atoms with Crippen molar-refractivity contribution >= 4 is 11.7 Å². The zero-order valence-corrected chi connectivity index (χ0v) is 6.23. The number of anilines is 1. The highest BCUT2D eigenvalue weighted by molar-refractivity contribution is 5.83. The smallest absolute Gasteiger partial charge is 0.333 e. The third kappa shape index (κ3) is 1.02. The number of esters is 1. The number of fused-ring (bicyclic) bond motifs is 1. The SMILES string of the molecule is O=C1CN(O)c2ccccc2O1. The number of carbonyl (C=O) groups excluding carboxylic acids is 1. The Kier molecular flexibility index (Phi) is 1.48. The monoisotopic (exact) mass is 165 g/mol. The van der Waals surface area contributed by atoms with Crippen molar-refractivity contribution in [3.8, 4) is 5.75 Å². The van der Waals surface area contributed by atoms with E-state index in [0.717, 1.165) is 5.06 Å².